The molecule has 182 valence electrons. The number of aromatic nitrogens is 1. The van der Waals surface area contributed by atoms with Crippen molar-refractivity contribution in [3.63, 3.8) is 0 Å². The molecule has 0 N–H and O–H groups in total. The van der Waals surface area contributed by atoms with Gasteiger partial charge in [-0.15, -0.1) is 0 Å². The van der Waals surface area contributed by atoms with Crippen molar-refractivity contribution in [1.29, 1.82) is 0 Å². The molecule has 0 saturated carbocycles. The van der Waals surface area contributed by atoms with Crippen LogP contribution in [-0.4, -0.2) is 61.8 Å². The number of unbranched alkanes of at least 4 members (excludes halogenated alkanes) is 1. The van der Waals surface area contributed by atoms with E-state index >= 15 is 0 Å². The highest BCUT2D eigenvalue weighted by Crippen LogP contribution is 2.34. The van der Waals surface area contributed by atoms with Gasteiger partial charge in [0.2, 0.25) is 0 Å². The molecule has 1 saturated heterocycles. The van der Waals surface area contributed by atoms with Gasteiger partial charge in [-0.2, -0.15) is 0 Å². The van der Waals surface area contributed by atoms with Crippen molar-refractivity contribution in [2.75, 3.05) is 50.9 Å². The van der Waals surface area contributed by atoms with Crippen molar-refractivity contribution in [2.24, 2.45) is 0 Å². The molecule has 1 aromatic heterocycles. The first-order valence-corrected chi connectivity index (χ1v) is 13.1. The SMILES string of the molecule is CCCCOc1cccc(C(=O)N(CCCN2CCOCC2)c2nc3c(C)ccc(C)c3s2)c1. The van der Waals surface area contributed by atoms with Gasteiger partial charge in [0.05, 0.1) is 30.0 Å². The van der Waals surface area contributed by atoms with Gasteiger partial charge in [-0.25, -0.2) is 4.98 Å². The van der Waals surface area contributed by atoms with Crippen LogP contribution in [0.4, 0.5) is 5.13 Å². The molecule has 4 rings (SSSR count). The first-order valence-electron chi connectivity index (χ1n) is 12.3. The first-order chi connectivity index (χ1) is 16.6. The predicted octanol–water partition coefficient (Wildman–Crippen LogP) is 5.46. The van der Waals surface area contributed by atoms with Gasteiger partial charge in [0, 0.05) is 31.7 Å². The lowest BCUT2D eigenvalue weighted by atomic mass is 10.1. The second-order valence-electron chi connectivity index (χ2n) is 8.87. The predicted molar refractivity (Wildman–Crippen MR) is 139 cm³/mol. The standard InChI is InChI=1S/C27H35N3O3S/c1-4-5-16-33-23-9-6-8-22(19-23)26(31)30(13-7-12-29-14-17-32-18-15-29)27-28-24-20(2)10-11-21(3)25(24)34-27/h6,8-11,19H,4-5,7,12-18H2,1-3H3. The van der Waals surface area contributed by atoms with E-state index in [2.05, 4.69) is 37.8 Å². The van der Waals surface area contributed by atoms with Crippen LogP contribution in [0.25, 0.3) is 10.2 Å². The van der Waals surface area contributed by atoms with Crippen LogP contribution in [0.2, 0.25) is 0 Å². The van der Waals surface area contributed by atoms with Crippen LogP contribution in [0.1, 0.15) is 47.7 Å². The molecule has 2 heterocycles. The maximum absolute atomic E-state index is 13.8. The highest BCUT2D eigenvalue weighted by atomic mass is 32.1. The minimum absolute atomic E-state index is 0.0303. The zero-order valence-corrected chi connectivity index (χ0v) is 21.3. The summed E-state index contributed by atoms with van der Waals surface area (Å²) in [4.78, 5) is 22.9. The fourth-order valence-electron chi connectivity index (χ4n) is 4.13. The van der Waals surface area contributed by atoms with E-state index in [1.54, 1.807) is 11.3 Å². The highest BCUT2D eigenvalue weighted by molar-refractivity contribution is 7.22. The summed E-state index contributed by atoms with van der Waals surface area (Å²) in [5, 5.41) is 0.761. The maximum atomic E-state index is 13.8. The lowest BCUT2D eigenvalue weighted by Gasteiger charge is -2.27. The van der Waals surface area contributed by atoms with Gasteiger partial charge in [0.1, 0.15) is 5.75 Å². The summed E-state index contributed by atoms with van der Waals surface area (Å²) in [5.41, 5.74) is 3.95. The summed E-state index contributed by atoms with van der Waals surface area (Å²) < 4.78 is 12.5. The minimum Gasteiger partial charge on any atom is -0.494 e. The van der Waals surface area contributed by atoms with Crippen LogP contribution in [0.5, 0.6) is 5.75 Å². The number of aryl methyl sites for hydroxylation is 2. The Morgan fingerprint density at radius 1 is 1.15 bits per heavy atom. The average molecular weight is 482 g/mol. The second kappa shape index (κ2) is 11.8. The third-order valence-corrected chi connectivity index (χ3v) is 7.43. The molecule has 1 aliphatic rings. The van der Waals surface area contributed by atoms with E-state index in [-0.39, 0.29) is 5.91 Å². The van der Waals surface area contributed by atoms with E-state index in [4.69, 9.17) is 14.5 Å². The number of nitrogens with zero attached hydrogens (tertiary/aromatic N) is 3. The van der Waals surface area contributed by atoms with E-state index in [0.29, 0.717) is 18.7 Å². The van der Waals surface area contributed by atoms with Crippen LogP contribution >= 0.6 is 11.3 Å². The van der Waals surface area contributed by atoms with Gasteiger partial charge in [-0.05, 0) is 56.0 Å². The van der Waals surface area contributed by atoms with Crippen molar-refractivity contribution in [2.45, 2.75) is 40.0 Å². The summed E-state index contributed by atoms with van der Waals surface area (Å²) in [5.74, 6) is 0.709. The van der Waals surface area contributed by atoms with E-state index in [0.717, 1.165) is 78.8 Å². The third-order valence-electron chi connectivity index (χ3n) is 6.21. The molecule has 0 bridgehead atoms. The molecule has 0 atom stereocenters. The van der Waals surface area contributed by atoms with Gasteiger partial charge in [-0.3, -0.25) is 14.6 Å². The number of amides is 1. The summed E-state index contributed by atoms with van der Waals surface area (Å²) in [6.07, 6.45) is 2.95. The molecule has 0 aliphatic carbocycles. The van der Waals surface area contributed by atoms with Crippen molar-refractivity contribution in [3.05, 3.63) is 53.1 Å². The number of carbonyl (C=O) groups excluding carboxylic acids is 1. The monoisotopic (exact) mass is 481 g/mol. The normalized spacial score (nSPS) is 14.4. The molecule has 1 fully saturated rings. The van der Waals surface area contributed by atoms with Crippen LogP contribution in [0.3, 0.4) is 0 Å². The number of anilines is 1. The van der Waals surface area contributed by atoms with Crippen molar-refractivity contribution in [3.8, 4) is 5.75 Å². The quantitative estimate of drug-likeness (QED) is 0.360. The highest BCUT2D eigenvalue weighted by Gasteiger charge is 2.23. The number of morpholine rings is 1. The Balaban J connectivity index is 1.58. The number of thiazole rings is 1. The third kappa shape index (κ3) is 5.95. The summed E-state index contributed by atoms with van der Waals surface area (Å²) in [6, 6.07) is 11.8. The van der Waals surface area contributed by atoms with Crippen molar-refractivity contribution in [1.82, 2.24) is 9.88 Å². The Labute approximate surface area is 206 Å². The molecule has 1 aliphatic heterocycles. The molecule has 6 nitrogen and oxygen atoms in total. The number of ether oxygens (including phenoxy) is 2. The first kappa shape index (κ1) is 24.6. The Morgan fingerprint density at radius 3 is 2.71 bits per heavy atom. The second-order valence-corrected chi connectivity index (χ2v) is 9.85. The molecule has 0 radical (unpaired) electrons. The van der Waals surface area contributed by atoms with Crippen LogP contribution in [-0.2, 0) is 4.74 Å². The zero-order chi connectivity index (χ0) is 23.9. The Bertz CT molecular complexity index is 1070. The molecule has 0 unspecified atom stereocenters. The van der Waals surface area contributed by atoms with Crippen LogP contribution in [0.15, 0.2) is 36.4 Å². The summed E-state index contributed by atoms with van der Waals surface area (Å²) in [6.45, 7) is 12.0. The van der Waals surface area contributed by atoms with Gasteiger partial charge in [0.25, 0.3) is 5.91 Å². The largest absolute Gasteiger partial charge is 0.494 e. The van der Waals surface area contributed by atoms with E-state index in [1.165, 1.54) is 5.56 Å². The Hall–Kier alpha value is -2.48. The van der Waals surface area contributed by atoms with Crippen molar-refractivity contribution < 1.29 is 14.3 Å². The van der Waals surface area contributed by atoms with Crippen molar-refractivity contribution >= 4 is 32.6 Å². The van der Waals surface area contributed by atoms with E-state index < -0.39 is 0 Å². The number of hydrogen-bond acceptors (Lipinski definition) is 6. The van der Waals surface area contributed by atoms with Gasteiger partial charge in [-0.1, -0.05) is 42.9 Å². The van der Waals surface area contributed by atoms with Crippen LogP contribution in [0, 0.1) is 13.8 Å². The van der Waals surface area contributed by atoms with Crippen LogP contribution < -0.4 is 9.64 Å². The smallest absolute Gasteiger partial charge is 0.260 e. The molecular weight excluding hydrogens is 446 g/mol. The fourth-order valence-corrected chi connectivity index (χ4v) is 5.27. The van der Waals surface area contributed by atoms with E-state index in [1.807, 2.05) is 29.2 Å². The lowest BCUT2D eigenvalue weighted by Crippen LogP contribution is -2.39. The van der Waals surface area contributed by atoms with Gasteiger partial charge < -0.3 is 9.47 Å². The Kier molecular flexibility index (Phi) is 8.53. The number of carbonyl (C=O) groups is 1. The molecule has 7 heteroatoms. The molecule has 1 amide bonds. The molecule has 0 spiro atoms. The Morgan fingerprint density at radius 2 is 1.94 bits per heavy atom. The molecular formula is C27H35N3O3S. The number of benzene rings is 2. The fraction of sp³-hybridized carbons (Fsp3) is 0.481. The minimum atomic E-state index is -0.0303. The zero-order valence-electron chi connectivity index (χ0n) is 20.5. The lowest BCUT2D eigenvalue weighted by molar-refractivity contribution is 0.0376. The number of fused-ring (bicyclic) bond motifs is 1. The summed E-state index contributed by atoms with van der Waals surface area (Å²) in [7, 11) is 0. The van der Waals surface area contributed by atoms with Gasteiger partial charge >= 0.3 is 0 Å². The summed E-state index contributed by atoms with van der Waals surface area (Å²) >= 11 is 1.61. The molecule has 34 heavy (non-hydrogen) atoms. The average Bonchev–Trinajstić information content (AvgIpc) is 3.31. The number of rotatable bonds is 10. The maximum Gasteiger partial charge on any atom is 0.260 e. The topological polar surface area (TPSA) is 54.9 Å². The van der Waals surface area contributed by atoms with Gasteiger partial charge in [0.15, 0.2) is 5.13 Å². The number of hydrogen-bond donors (Lipinski definition) is 0. The molecule has 2 aromatic carbocycles. The molecule has 3 aromatic rings. The van der Waals surface area contributed by atoms with E-state index in [9.17, 15) is 4.79 Å².